The van der Waals surface area contributed by atoms with Gasteiger partial charge in [0.15, 0.2) is 0 Å². The predicted octanol–water partition coefficient (Wildman–Crippen LogP) is 2.65. The van der Waals surface area contributed by atoms with E-state index in [-0.39, 0.29) is 0 Å². The number of nitrogens with zero attached hydrogens (tertiary/aromatic N) is 1. The molecule has 0 radical (unpaired) electrons. The first kappa shape index (κ1) is 9.53. The Hall–Kier alpha value is 0.440. The van der Waals surface area contributed by atoms with Crippen LogP contribution in [0.5, 0.6) is 0 Å². The van der Waals surface area contributed by atoms with Gasteiger partial charge in [0.1, 0.15) is 0 Å². The molecule has 0 saturated heterocycles. The number of hydrogen-bond donors (Lipinski definition) is 0. The molecule has 66 valence electrons. The first-order valence-corrected chi connectivity index (χ1v) is 5.80. The van der Waals surface area contributed by atoms with Gasteiger partial charge in [-0.1, -0.05) is 29.3 Å². The zero-order valence-corrected chi connectivity index (χ0v) is 8.94. The molecular weight excluding hydrogens is 202 g/mol. The summed E-state index contributed by atoms with van der Waals surface area (Å²) in [6.07, 6.45) is 5.57. The maximum absolute atomic E-state index is 3.50. The fraction of sp³-hybridized carbons (Fsp3) is 1.00. The molecule has 0 aromatic rings. The van der Waals surface area contributed by atoms with E-state index in [1.54, 1.807) is 0 Å². The monoisotopic (exact) mass is 219 g/mol. The van der Waals surface area contributed by atoms with Crippen molar-refractivity contribution in [3.8, 4) is 0 Å². The van der Waals surface area contributed by atoms with E-state index in [1.165, 1.54) is 38.8 Å². The van der Waals surface area contributed by atoms with Crippen molar-refractivity contribution in [1.29, 1.82) is 0 Å². The van der Waals surface area contributed by atoms with Gasteiger partial charge in [-0.2, -0.15) is 0 Å². The molecule has 0 spiro atoms. The molecule has 0 atom stereocenters. The highest BCUT2D eigenvalue weighted by atomic mass is 79.9. The highest BCUT2D eigenvalue weighted by Crippen LogP contribution is 2.26. The Kier molecular flexibility index (Phi) is 4.46. The van der Waals surface area contributed by atoms with Crippen LogP contribution in [0.25, 0.3) is 0 Å². The van der Waals surface area contributed by atoms with Crippen molar-refractivity contribution in [3.63, 3.8) is 0 Å². The topological polar surface area (TPSA) is 3.24 Å². The van der Waals surface area contributed by atoms with Gasteiger partial charge in [0, 0.05) is 17.9 Å². The van der Waals surface area contributed by atoms with Crippen LogP contribution in [-0.2, 0) is 0 Å². The first-order valence-electron chi connectivity index (χ1n) is 4.68. The molecule has 1 aliphatic carbocycles. The standard InChI is InChI=1S/C9H18BrN/c1-2-3-7-11(8-6-10)9-4-5-9/h9H,2-8H2,1H3. The van der Waals surface area contributed by atoms with Gasteiger partial charge in [0.25, 0.3) is 0 Å². The Balaban J connectivity index is 2.10. The van der Waals surface area contributed by atoms with Gasteiger partial charge >= 0.3 is 0 Å². The van der Waals surface area contributed by atoms with Gasteiger partial charge in [-0.15, -0.1) is 0 Å². The third-order valence-corrected chi connectivity index (χ3v) is 2.59. The van der Waals surface area contributed by atoms with Gasteiger partial charge in [0.2, 0.25) is 0 Å². The summed E-state index contributed by atoms with van der Waals surface area (Å²) in [4.78, 5) is 2.62. The van der Waals surface area contributed by atoms with Crippen LogP contribution in [0.3, 0.4) is 0 Å². The lowest BCUT2D eigenvalue weighted by atomic mass is 10.3. The molecule has 0 aromatic heterocycles. The molecule has 1 aliphatic rings. The lowest BCUT2D eigenvalue weighted by Gasteiger charge is -2.19. The second-order valence-electron chi connectivity index (χ2n) is 3.31. The normalized spacial score (nSPS) is 17.7. The molecule has 0 unspecified atom stereocenters. The molecule has 1 nitrogen and oxygen atoms in total. The number of rotatable bonds is 6. The largest absolute Gasteiger partial charge is 0.300 e. The fourth-order valence-corrected chi connectivity index (χ4v) is 1.84. The van der Waals surface area contributed by atoms with E-state index in [0.717, 1.165) is 11.4 Å². The van der Waals surface area contributed by atoms with Crippen LogP contribution in [0, 0.1) is 0 Å². The van der Waals surface area contributed by atoms with E-state index >= 15 is 0 Å². The zero-order valence-electron chi connectivity index (χ0n) is 7.35. The summed E-state index contributed by atoms with van der Waals surface area (Å²) in [7, 11) is 0. The molecule has 2 heteroatoms. The zero-order chi connectivity index (χ0) is 8.10. The quantitative estimate of drug-likeness (QED) is 0.622. The third kappa shape index (κ3) is 3.57. The van der Waals surface area contributed by atoms with Crippen LogP contribution in [-0.4, -0.2) is 29.4 Å². The van der Waals surface area contributed by atoms with Gasteiger partial charge in [-0.25, -0.2) is 0 Å². The molecule has 11 heavy (non-hydrogen) atoms. The lowest BCUT2D eigenvalue weighted by Crippen LogP contribution is -2.28. The molecular formula is C9H18BrN. The number of hydrogen-bond acceptors (Lipinski definition) is 1. The van der Waals surface area contributed by atoms with Crippen LogP contribution in [0.4, 0.5) is 0 Å². The van der Waals surface area contributed by atoms with E-state index in [0.29, 0.717) is 0 Å². The average Bonchev–Trinajstić information content (AvgIpc) is 2.80. The van der Waals surface area contributed by atoms with Crippen molar-refractivity contribution in [2.45, 2.75) is 38.6 Å². The van der Waals surface area contributed by atoms with Gasteiger partial charge < -0.3 is 0 Å². The molecule has 0 aromatic carbocycles. The second-order valence-corrected chi connectivity index (χ2v) is 4.10. The van der Waals surface area contributed by atoms with Crippen LogP contribution in [0.2, 0.25) is 0 Å². The Morgan fingerprint density at radius 2 is 2.09 bits per heavy atom. The maximum atomic E-state index is 3.50. The summed E-state index contributed by atoms with van der Waals surface area (Å²) in [6.45, 7) is 4.82. The minimum Gasteiger partial charge on any atom is -0.300 e. The Bertz CT molecular complexity index is 102. The van der Waals surface area contributed by atoms with Crippen molar-refractivity contribution in [2.75, 3.05) is 18.4 Å². The summed E-state index contributed by atoms with van der Waals surface area (Å²) in [6, 6.07) is 0.944. The summed E-state index contributed by atoms with van der Waals surface area (Å²) in [5.41, 5.74) is 0. The molecule has 0 aliphatic heterocycles. The SMILES string of the molecule is CCCCN(CCBr)C1CC1. The average molecular weight is 220 g/mol. The van der Waals surface area contributed by atoms with Crippen molar-refractivity contribution in [3.05, 3.63) is 0 Å². The number of alkyl halides is 1. The van der Waals surface area contributed by atoms with Crippen molar-refractivity contribution < 1.29 is 0 Å². The summed E-state index contributed by atoms with van der Waals surface area (Å²) < 4.78 is 0. The van der Waals surface area contributed by atoms with Gasteiger partial charge in [-0.3, -0.25) is 4.90 Å². The van der Waals surface area contributed by atoms with E-state index < -0.39 is 0 Å². The van der Waals surface area contributed by atoms with Crippen molar-refractivity contribution in [1.82, 2.24) is 4.90 Å². The minimum absolute atomic E-state index is 0.944. The van der Waals surface area contributed by atoms with Crippen LogP contribution in [0.15, 0.2) is 0 Å². The van der Waals surface area contributed by atoms with E-state index in [2.05, 4.69) is 27.8 Å². The Morgan fingerprint density at radius 3 is 2.55 bits per heavy atom. The lowest BCUT2D eigenvalue weighted by molar-refractivity contribution is 0.276. The van der Waals surface area contributed by atoms with Crippen LogP contribution in [0.1, 0.15) is 32.6 Å². The Labute approximate surface area is 78.3 Å². The molecule has 1 fully saturated rings. The summed E-state index contributed by atoms with van der Waals surface area (Å²) in [5, 5.41) is 1.13. The summed E-state index contributed by atoms with van der Waals surface area (Å²) in [5.74, 6) is 0. The second kappa shape index (κ2) is 5.15. The highest BCUT2D eigenvalue weighted by Gasteiger charge is 2.27. The molecule has 0 bridgehead atoms. The van der Waals surface area contributed by atoms with Gasteiger partial charge in [-0.05, 0) is 25.8 Å². The summed E-state index contributed by atoms with van der Waals surface area (Å²) >= 11 is 3.50. The maximum Gasteiger partial charge on any atom is 0.0159 e. The molecule has 0 heterocycles. The van der Waals surface area contributed by atoms with Crippen molar-refractivity contribution >= 4 is 15.9 Å². The predicted molar refractivity (Wildman–Crippen MR) is 53.3 cm³/mol. The number of halogens is 1. The fourth-order valence-electron chi connectivity index (χ4n) is 1.39. The van der Waals surface area contributed by atoms with E-state index in [4.69, 9.17) is 0 Å². The first-order chi connectivity index (χ1) is 5.38. The molecule has 1 rings (SSSR count). The van der Waals surface area contributed by atoms with E-state index in [1.807, 2.05) is 0 Å². The minimum atomic E-state index is 0.944. The Morgan fingerprint density at radius 1 is 1.36 bits per heavy atom. The van der Waals surface area contributed by atoms with Crippen molar-refractivity contribution in [2.24, 2.45) is 0 Å². The third-order valence-electron chi connectivity index (χ3n) is 2.23. The smallest absolute Gasteiger partial charge is 0.0159 e. The molecule has 1 saturated carbocycles. The van der Waals surface area contributed by atoms with E-state index in [9.17, 15) is 0 Å². The molecule has 0 amide bonds. The van der Waals surface area contributed by atoms with Crippen LogP contribution >= 0.6 is 15.9 Å². The number of unbranched alkanes of at least 4 members (excludes halogenated alkanes) is 1. The van der Waals surface area contributed by atoms with Gasteiger partial charge in [0.05, 0.1) is 0 Å². The highest BCUT2D eigenvalue weighted by molar-refractivity contribution is 9.09. The van der Waals surface area contributed by atoms with Crippen LogP contribution < -0.4 is 0 Å². The molecule has 0 N–H and O–H groups in total.